The van der Waals surface area contributed by atoms with Gasteiger partial charge in [-0.25, -0.2) is 9.18 Å². The molecule has 0 aliphatic carbocycles. The van der Waals surface area contributed by atoms with E-state index in [0.717, 1.165) is 12.0 Å². The zero-order chi connectivity index (χ0) is 22.7. The van der Waals surface area contributed by atoms with Crippen molar-refractivity contribution in [1.29, 1.82) is 0 Å². The summed E-state index contributed by atoms with van der Waals surface area (Å²) in [6.07, 6.45) is 0.599. The number of urea groups is 1. The Morgan fingerprint density at radius 2 is 1.81 bits per heavy atom. The summed E-state index contributed by atoms with van der Waals surface area (Å²) < 4.78 is 20.1. The zero-order valence-electron chi connectivity index (χ0n) is 17.0. The lowest BCUT2D eigenvalue weighted by molar-refractivity contribution is -0.136. The highest BCUT2D eigenvalue weighted by molar-refractivity contribution is 6.32. The molecular formula is C24H20ClFN2O4. The number of carbonyl (C=O) groups excluding carboxylic acids is 1. The Hall–Kier alpha value is -3.58. The molecule has 0 fully saturated rings. The van der Waals surface area contributed by atoms with Crippen LogP contribution in [0.25, 0.3) is 0 Å². The first-order valence-electron chi connectivity index (χ1n) is 9.99. The fourth-order valence-corrected chi connectivity index (χ4v) is 3.80. The van der Waals surface area contributed by atoms with Gasteiger partial charge < -0.3 is 20.1 Å². The number of hydrogen-bond donors (Lipinski definition) is 2. The second-order valence-corrected chi connectivity index (χ2v) is 7.86. The molecule has 0 saturated heterocycles. The van der Waals surface area contributed by atoms with Gasteiger partial charge in [-0.3, -0.25) is 4.79 Å². The maximum absolute atomic E-state index is 14.6. The number of anilines is 1. The van der Waals surface area contributed by atoms with Gasteiger partial charge in [0.25, 0.3) is 0 Å². The lowest BCUT2D eigenvalue weighted by Gasteiger charge is -2.29. The predicted octanol–water partition coefficient (Wildman–Crippen LogP) is 5.49. The Morgan fingerprint density at radius 1 is 1.06 bits per heavy atom. The molecule has 3 aromatic carbocycles. The van der Waals surface area contributed by atoms with Crippen molar-refractivity contribution >= 4 is 29.3 Å². The molecule has 32 heavy (non-hydrogen) atoms. The SMILES string of the molecule is O=C(O)Cc1ccc(Oc2ccc(NC(=O)N3CCc4ccccc4C3)cc2F)c(Cl)c1. The van der Waals surface area contributed by atoms with Crippen LogP contribution in [0.2, 0.25) is 5.02 Å². The minimum Gasteiger partial charge on any atom is -0.481 e. The molecule has 1 aliphatic rings. The van der Waals surface area contributed by atoms with Crippen LogP contribution in [0.5, 0.6) is 11.5 Å². The molecule has 2 amide bonds. The largest absolute Gasteiger partial charge is 0.481 e. The van der Waals surface area contributed by atoms with Gasteiger partial charge >= 0.3 is 12.0 Å². The third-order valence-electron chi connectivity index (χ3n) is 5.17. The van der Waals surface area contributed by atoms with Gasteiger partial charge in [0.2, 0.25) is 0 Å². The monoisotopic (exact) mass is 454 g/mol. The third kappa shape index (κ3) is 5.00. The van der Waals surface area contributed by atoms with Crippen molar-refractivity contribution in [3.63, 3.8) is 0 Å². The van der Waals surface area contributed by atoms with E-state index in [1.165, 1.54) is 29.8 Å². The molecule has 4 rings (SSSR count). The van der Waals surface area contributed by atoms with E-state index < -0.39 is 11.8 Å². The Bertz CT molecular complexity index is 1180. The highest BCUT2D eigenvalue weighted by atomic mass is 35.5. The second-order valence-electron chi connectivity index (χ2n) is 7.45. The number of nitrogens with zero attached hydrogens (tertiary/aromatic N) is 1. The molecule has 8 heteroatoms. The summed E-state index contributed by atoms with van der Waals surface area (Å²) in [5.41, 5.74) is 3.16. The van der Waals surface area contributed by atoms with Crippen LogP contribution in [0.1, 0.15) is 16.7 Å². The number of carboxylic acids is 1. The van der Waals surface area contributed by atoms with Gasteiger partial charge in [0.15, 0.2) is 11.6 Å². The van der Waals surface area contributed by atoms with Crippen molar-refractivity contribution in [2.45, 2.75) is 19.4 Å². The third-order valence-corrected chi connectivity index (χ3v) is 5.47. The standard InChI is InChI=1S/C24H20ClFN2O4/c25-19-11-15(12-23(29)30)5-7-21(19)32-22-8-6-18(13-20(22)26)27-24(31)28-10-9-16-3-1-2-4-17(16)14-28/h1-8,11,13H,9-10,12,14H2,(H,27,31)(H,29,30). The number of ether oxygens (including phenoxy) is 1. The number of fused-ring (bicyclic) bond motifs is 1. The predicted molar refractivity (Wildman–Crippen MR) is 119 cm³/mol. The summed E-state index contributed by atoms with van der Waals surface area (Å²) in [4.78, 5) is 25.1. The van der Waals surface area contributed by atoms with E-state index >= 15 is 0 Å². The van der Waals surface area contributed by atoms with E-state index in [9.17, 15) is 14.0 Å². The maximum atomic E-state index is 14.6. The number of amides is 2. The minimum absolute atomic E-state index is 0.0669. The molecule has 0 atom stereocenters. The van der Waals surface area contributed by atoms with Crippen molar-refractivity contribution in [3.8, 4) is 11.5 Å². The van der Waals surface area contributed by atoms with Crippen LogP contribution in [0, 0.1) is 5.82 Å². The molecule has 1 heterocycles. The van der Waals surface area contributed by atoms with Gasteiger partial charge in [0.05, 0.1) is 11.4 Å². The van der Waals surface area contributed by atoms with Crippen LogP contribution in [0.4, 0.5) is 14.9 Å². The summed E-state index contributed by atoms with van der Waals surface area (Å²) in [5.74, 6) is -1.52. The number of aliphatic carboxylic acids is 1. The smallest absolute Gasteiger partial charge is 0.322 e. The first-order chi connectivity index (χ1) is 15.4. The first-order valence-corrected chi connectivity index (χ1v) is 10.4. The first kappa shape index (κ1) is 21.6. The van der Waals surface area contributed by atoms with Crippen molar-refractivity contribution in [1.82, 2.24) is 4.90 Å². The molecule has 2 N–H and O–H groups in total. The maximum Gasteiger partial charge on any atom is 0.322 e. The normalized spacial score (nSPS) is 12.8. The second kappa shape index (κ2) is 9.28. The fraction of sp³-hybridized carbons (Fsp3) is 0.167. The molecule has 0 saturated carbocycles. The van der Waals surface area contributed by atoms with Crippen LogP contribution >= 0.6 is 11.6 Å². The number of carboxylic acid groups (broad SMARTS) is 1. The highest BCUT2D eigenvalue weighted by Crippen LogP contribution is 2.32. The van der Waals surface area contributed by atoms with E-state index in [-0.39, 0.29) is 29.0 Å². The number of benzene rings is 3. The van der Waals surface area contributed by atoms with Crippen LogP contribution in [-0.2, 0) is 24.2 Å². The molecule has 0 spiro atoms. The number of hydrogen-bond acceptors (Lipinski definition) is 3. The van der Waals surface area contributed by atoms with Crippen molar-refractivity contribution in [2.24, 2.45) is 0 Å². The topological polar surface area (TPSA) is 78.9 Å². The van der Waals surface area contributed by atoms with E-state index in [0.29, 0.717) is 24.3 Å². The number of halogens is 2. The Balaban J connectivity index is 1.41. The van der Waals surface area contributed by atoms with Crippen LogP contribution in [0.3, 0.4) is 0 Å². The van der Waals surface area contributed by atoms with Gasteiger partial charge in [0, 0.05) is 24.8 Å². The van der Waals surface area contributed by atoms with Crippen molar-refractivity contribution < 1.29 is 23.8 Å². The van der Waals surface area contributed by atoms with E-state index in [2.05, 4.69) is 11.4 Å². The molecule has 6 nitrogen and oxygen atoms in total. The summed E-state index contributed by atoms with van der Waals surface area (Å²) in [7, 11) is 0. The summed E-state index contributed by atoms with van der Waals surface area (Å²) in [5, 5.41) is 11.8. The molecule has 164 valence electrons. The van der Waals surface area contributed by atoms with Gasteiger partial charge in [-0.05, 0) is 47.4 Å². The molecule has 0 radical (unpaired) electrons. The number of carbonyl (C=O) groups is 2. The quantitative estimate of drug-likeness (QED) is 0.534. The highest BCUT2D eigenvalue weighted by Gasteiger charge is 2.21. The average Bonchev–Trinajstić information content (AvgIpc) is 2.76. The van der Waals surface area contributed by atoms with Gasteiger partial charge in [-0.1, -0.05) is 41.9 Å². The molecular weight excluding hydrogens is 435 g/mol. The van der Waals surface area contributed by atoms with Crippen LogP contribution in [0.15, 0.2) is 60.7 Å². The van der Waals surface area contributed by atoms with E-state index in [1.807, 2.05) is 18.2 Å². The lowest BCUT2D eigenvalue weighted by atomic mass is 10.0. The van der Waals surface area contributed by atoms with E-state index in [1.54, 1.807) is 17.0 Å². The summed E-state index contributed by atoms with van der Waals surface area (Å²) in [6.45, 7) is 1.09. The molecule has 0 unspecified atom stereocenters. The molecule has 3 aromatic rings. The summed E-state index contributed by atoms with van der Waals surface area (Å²) >= 11 is 6.13. The molecule has 0 bridgehead atoms. The van der Waals surface area contributed by atoms with Crippen LogP contribution < -0.4 is 10.1 Å². The van der Waals surface area contributed by atoms with Crippen LogP contribution in [-0.4, -0.2) is 28.6 Å². The average molecular weight is 455 g/mol. The fourth-order valence-electron chi connectivity index (χ4n) is 3.56. The summed E-state index contributed by atoms with van der Waals surface area (Å²) in [6, 6.07) is 16.3. The Morgan fingerprint density at radius 3 is 2.53 bits per heavy atom. The minimum atomic E-state index is -0.979. The van der Waals surface area contributed by atoms with Gasteiger partial charge in [-0.2, -0.15) is 0 Å². The molecule has 0 aromatic heterocycles. The molecule has 1 aliphatic heterocycles. The van der Waals surface area contributed by atoms with Crippen molar-refractivity contribution in [3.05, 3.63) is 88.2 Å². The van der Waals surface area contributed by atoms with Gasteiger partial charge in [-0.15, -0.1) is 0 Å². The lowest BCUT2D eigenvalue weighted by Crippen LogP contribution is -2.38. The number of rotatable bonds is 5. The zero-order valence-corrected chi connectivity index (χ0v) is 17.7. The van der Waals surface area contributed by atoms with Crippen molar-refractivity contribution in [2.75, 3.05) is 11.9 Å². The Kier molecular flexibility index (Phi) is 6.28. The van der Waals surface area contributed by atoms with Gasteiger partial charge in [0.1, 0.15) is 5.75 Å². The van der Waals surface area contributed by atoms with E-state index in [4.69, 9.17) is 21.4 Å². The number of nitrogens with one attached hydrogen (secondary N) is 1. The Labute approximate surface area is 189 Å².